The number of carboxylic acid groups (broad SMARTS) is 1. The number of hydrogen-bond donors (Lipinski definition) is 1. The highest BCUT2D eigenvalue weighted by Gasteiger charge is 2.25. The molecule has 5 nitrogen and oxygen atoms in total. The minimum absolute atomic E-state index is 0.273. The molecule has 1 aromatic carbocycles. The van der Waals surface area contributed by atoms with E-state index in [9.17, 15) is 9.18 Å². The fourth-order valence-corrected chi connectivity index (χ4v) is 3.11. The molecule has 6 heteroatoms. The van der Waals surface area contributed by atoms with Crippen LogP contribution in [-0.4, -0.2) is 34.1 Å². The van der Waals surface area contributed by atoms with Gasteiger partial charge in [0, 0.05) is 30.4 Å². The maximum Gasteiger partial charge on any atom is 0.306 e. The molecule has 1 aliphatic rings. The topological polar surface area (TPSA) is 66.3 Å². The van der Waals surface area contributed by atoms with Crippen molar-refractivity contribution in [2.45, 2.75) is 32.6 Å². The first-order valence-corrected chi connectivity index (χ1v) is 8.68. The molecular weight excluding hydrogens is 321 g/mol. The second-order valence-corrected chi connectivity index (χ2v) is 6.40. The maximum atomic E-state index is 13.2. The van der Waals surface area contributed by atoms with E-state index in [-0.39, 0.29) is 11.7 Å². The number of anilines is 1. The standard InChI is InChI=1S/C19H22FN3O2/c1-2-3-16-12-17(23-10-8-14(9-11-23)19(24)25)22-18(21-16)13-4-6-15(20)7-5-13/h4-7,12,14H,2-3,8-11H2,1H3,(H,24,25). The lowest BCUT2D eigenvalue weighted by molar-refractivity contribution is -0.142. The van der Waals surface area contributed by atoms with Crippen LogP contribution in [0.5, 0.6) is 0 Å². The molecule has 1 N–H and O–H groups in total. The summed E-state index contributed by atoms with van der Waals surface area (Å²) in [7, 11) is 0. The molecule has 132 valence electrons. The predicted molar refractivity (Wildman–Crippen MR) is 94.0 cm³/mol. The van der Waals surface area contributed by atoms with E-state index in [4.69, 9.17) is 5.11 Å². The molecule has 2 heterocycles. The van der Waals surface area contributed by atoms with Crippen LogP contribution in [0.1, 0.15) is 31.9 Å². The van der Waals surface area contributed by atoms with Crippen LogP contribution in [0.4, 0.5) is 10.2 Å². The van der Waals surface area contributed by atoms with Crippen molar-refractivity contribution in [3.8, 4) is 11.4 Å². The summed E-state index contributed by atoms with van der Waals surface area (Å²) in [6.07, 6.45) is 3.05. The Balaban J connectivity index is 1.88. The maximum absolute atomic E-state index is 13.2. The summed E-state index contributed by atoms with van der Waals surface area (Å²) in [4.78, 5) is 22.5. The molecule has 25 heavy (non-hydrogen) atoms. The van der Waals surface area contributed by atoms with Crippen LogP contribution < -0.4 is 4.90 Å². The SMILES string of the molecule is CCCc1cc(N2CCC(C(=O)O)CC2)nc(-c2ccc(F)cc2)n1. The monoisotopic (exact) mass is 343 g/mol. The van der Waals surface area contributed by atoms with Crippen LogP contribution in [0.3, 0.4) is 0 Å². The summed E-state index contributed by atoms with van der Waals surface area (Å²) >= 11 is 0. The molecule has 0 atom stereocenters. The molecule has 0 radical (unpaired) electrons. The summed E-state index contributed by atoms with van der Waals surface area (Å²) < 4.78 is 13.2. The zero-order chi connectivity index (χ0) is 17.8. The van der Waals surface area contributed by atoms with Gasteiger partial charge in [0.05, 0.1) is 5.92 Å². The van der Waals surface area contributed by atoms with Gasteiger partial charge >= 0.3 is 5.97 Å². The van der Waals surface area contributed by atoms with E-state index < -0.39 is 5.97 Å². The van der Waals surface area contributed by atoms with E-state index in [0.29, 0.717) is 31.8 Å². The molecule has 0 amide bonds. The summed E-state index contributed by atoms with van der Waals surface area (Å²) in [6.45, 7) is 3.43. The Morgan fingerprint density at radius 3 is 2.52 bits per heavy atom. The Labute approximate surface area is 146 Å². The van der Waals surface area contributed by atoms with Crippen molar-refractivity contribution in [2.75, 3.05) is 18.0 Å². The van der Waals surface area contributed by atoms with Crippen molar-refractivity contribution in [3.05, 3.63) is 41.8 Å². The van der Waals surface area contributed by atoms with Gasteiger partial charge in [-0.1, -0.05) is 13.3 Å². The average molecular weight is 343 g/mol. The fraction of sp³-hybridized carbons (Fsp3) is 0.421. The molecule has 1 aliphatic heterocycles. The number of aryl methyl sites for hydroxylation is 1. The lowest BCUT2D eigenvalue weighted by atomic mass is 9.97. The van der Waals surface area contributed by atoms with Gasteiger partial charge in [-0.25, -0.2) is 14.4 Å². The van der Waals surface area contributed by atoms with Crippen LogP contribution >= 0.6 is 0 Å². The van der Waals surface area contributed by atoms with E-state index in [1.54, 1.807) is 12.1 Å². The average Bonchev–Trinajstić information content (AvgIpc) is 2.62. The van der Waals surface area contributed by atoms with E-state index >= 15 is 0 Å². The van der Waals surface area contributed by atoms with Gasteiger partial charge in [0.15, 0.2) is 5.82 Å². The van der Waals surface area contributed by atoms with Crippen molar-refractivity contribution in [1.29, 1.82) is 0 Å². The third kappa shape index (κ3) is 4.13. The Morgan fingerprint density at radius 1 is 1.24 bits per heavy atom. The molecule has 1 saturated heterocycles. The minimum Gasteiger partial charge on any atom is -0.481 e. The Bertz CT molecular complexity index is 741. The van der Waals surface area contributed by atoms with Crippen molar-refractivity contribution < 1.29 is 14.3 Å². The van der Waals surface area contributed by atoms with E-state index in [0.717, 1.165) is 29.9 Å². The van der Waals surface area contributed by atoms with E-state index in [1.165, 1.54) is 12.1 Å². The molecule has 1 fully saturated rings. The Morgan fingerprint density at radius 2 is 1.92 bits per heavy atom. The summed E-state index contributed by atoms with van der Waals surface area (Å²) in [6, 6.07) is 8.16. The molecule has 0 aliphatic carbocycles. The molecule has 2 aromatic rings. The van der Waals surface area contributed by atoms with Gasteiger partial charge in [0.1, 0.15) is 11.6 Å². The van der Waals surface area contributed by atoms with Gasteiger partial charge in [0.2, 0.25) is 0 Å². The van der Waals surface area contributed by atoms with Gasteiger partial charge in [-0.2, -0.15) is 0 Å². The highest BCUT2D eigenvalue weighted by molar-refractivity contribution is 5.70. The quantitative estimate of drug-likeness (QED) is 0.899. The van der Waals surface area contributed by atoms with Gasteiger partial charge in [0.25, 0.3) is 0 Å². The fourth-order valence-electron chi connectivity index (χ4n) is 3.11. The minimum atomic E-state index is -0.721. The highest BCUT2D eigenvalue weighted by Crippen LogP contribution is 2.25. The van der Waals surface area contributed by atoms with Gasteiger partial charge in [-0.05, 0) is 43.5 Å². The largest absolute Gasteiger partial charge is 0.481 e. The molecular formula is C19H22FN3O2. The van der Waals surface area contributed by atoms with Gasteiger partial charge < -0.3 is 10.0 Å². The smallest absolute Gasteiger partial charge is 0.306 e. The van der Waals surface area contributed by atoms with E-state index in [1.807, 2.05) is 6.07 Å². The first-order valence-electron chi connectivity index (χ1n) is 8.68. The number of piperidine rings is 1. The number of carbonyl (C=O) groups is 1. The van der Waals surface area contributed by atoms with Crippen molar-refractivity contribution in [2.24, 2.45) is 5.92 Å². The highest BCUT2D eigenvalue weighted by atomic mass is 19.1. The van der Waals surface area contributed by atoms with Crippen molar-refractivity contribution in [1.82, 2.24) is 9.97 Å². The third-order valence-corrected chi connectivity index (χ3v) is 4.54. The Hall–Kier alpha value is -2.50. The number of aliphatic carboxylic acids is 1. The second-order valence-electron chi connectivity index (χ2n) is 6.40. The molecule has 0 bridgehead atoms. The number of carboxylic acids is 1. The van der Waals surface area contributed by atoms with Crippen molar-refractivity contribution in [3.63, 3.8) is 0 Å². The van der Waals surface area contributed by atoms with Gasteiger partial charge in [-0.3, -0.25) is 4.79 Å². The van der Waals surface area contributed by atoms with Crippen LogP contribution in [0, 0.1) is 11.7 Å². The van der Waals surface area contributed by atoms with E-state index in [2.05, 4.69) is 21.8 Å². The zero-order valence-corrected chi connectivity index (χ0v) is 14.3. The van der Waals surface area contributed by atoms with Crippen LogP contribution in [0.25, 0.3) is 11.4 Å². The number of rotatable bonds is 5. The predicted octanol–water partition coefficient (Wildman–Crippen LogP) is 3.54. The summed E-state index contributed by atoms with van der Waals surface area (Å²) in [5, 5.41) is 9.15. The Kier molecular flexibility index (Phi) is 5.26. The summed E-state index contributed by atoms with van der Waals surface area (Å²) in [5.41, 5.74) is 1.73. The van der Waals surface area contributed by atoms with Crippen LogP contribution in [0.15, 0.2) is 30.3 Å². The molecule has 3 rings (SSSR count). The number of benzene rings is 1. The van der Waals surface area contributed by atoms with Crippen LogP contribution in [0.2, 0.25) is 0 Å². The molecule has 0 unspecified atom stereocenters. The van der Waals surface area contributed by atoms with Gasteiger partial charge in [-0.15, -0.1) is 0 Å². The molecule has 0 spiro atoms. The number of hydrogen-bond acceptors (Lipinski definition) is 4. The lowest BCUT2D eigenvalue weighted by Crippen LogP contribution is -2.37. The van der Waals surface area contributed by atoms with Crippen molar-refractivity contribution >= 4 is 11.8 Å². The molecule has 0 saturated carbocycles. The first-order chi connectivity index (χ1) is 12.1. The second kappa shape index (κ2) is 7.59. The van der Waals surface area contributed by atoms with Crippen LogP contribution in [-0.2, 0) is 11.2 Å². The normalized spacial score (nSPS) is 15.4. The third-order valence-electron chi connectivity index (χ3n) is 4.54. The zero-order valence-electron chi connectivity index (χ0n) is 14.3. The molecule has 1 aromatic heterocycles. The summed E-state index contributed by atoms with van der Waals surface area (Å²) in [5.74, 6) is 0.123. The number of aromatic nitrogens is 2. The number of halogens is 1. The first kappa shape index (κ1) is 17.3. The lowest BCUT2D eigenvalue weighted by Gasteiger charge is -2.31. The number of nitrogens with zero attached hydrogens (tertiary/aromatic N) is 3.